The second-order valence-corrected chi connectivity index (χ2v) is 7.49. The Balaban J connectivity index is 1.74. The highest BCUT2D eigenvalue weighted by molar-refractivity contribution is 7.89. The number of ether oxygens (including phenoxy) is 1. The summed E-state index contributed by atoms with van der Waals surface area (Å²) >= 11 is 0. The predicted octanol–water partition coefficient (Wildman–Crippen LogP) is 0.340. The third-order valence-electron chi connectivity index (χ3n) is 3.71. The number of primary amides is 1. The predicted molar refractivity (Wildman–Crippen MR) is 104 cm³/mol. The van der Waals surface area contributed by atoms with Gasteiger partial charge in [-0.05, 0) is 48.4 Å². The Labute approximate surface area is 167 Å². The molecule has 0 radical (unpaired) electrons. The fourth-order valence-corrected chi connectivity index (χ4v) is 2.80. The highest BCUT2D eigenvalue weighted by Crippen LogP contribution is 2.10. The van der Waals surface area contributed by atoms with Crippen molar-refractivity contribution >= 4 is 33.6 Å². The van der Waals surface area contributed by atoms with E-state index in [1.165, 1.54) is 36.4 Å². The first kappa shape index (κ1) is 21.9. The number of sulfonamides is 1. The van der Waals surface area contributed by atoms with Gasteiger partial charge in [-0.25, -0.2) is 23.1 Å². The van der Waals surface area contributed by atoms with E-state index in [-0.39, 0.29) is 17.0 Å². The zero-order valence-electron chi connectivity index (χ0n) is 15.3. The van der Waals surface area contributed by atoms with E-state index in [4.69, 9.17) is 15.6 Å². The number of primary sulfonamides is 1. The van der Waals surface area contributed by atoms with Crippen molar-refractivity contribution in [3.05, 3.63) is 59.7 Å². The Kier molecular flexibility index (Phi) is 7.28. The minimum atomic E-state index is -3.74. The summed E-state index contributed by atoms with van der Waals surface area (Å²) in [7, 11) is -3.74. The van der Waals surface area contributed by atoms with Crippen LogP contribution in [0.4, 0.5) is 10.5 Å². The summed E-state index contributed by atoms with van der Waals surface area (Å²) in [6.45, 7) is -0.178. The number of hydrogen-bond donors (Lipinski definition) is 4. The molecular formula is C18H20N4O6S. The van der Waals surface area contributed by atoms with E-state index in [0.717, 1.165) is 5.56 Å². The van der Waals surface area contributed by atoms with E-state index in [9.17, 15) is 22.8 Å². The van der Waals surface area contributed by atoms with Crippen LogP contribution in [0.3, 0.4) is 0 Å². The second kappa shape index (κ2) is 9.66. The zero-order valence-corrected chi connectivity index (χ0v) is 16.1. The van der Waals surface area contributed by atoms with Crippen LogP contribution in [-0.4, -0.2) is 39.5 Å². The third kappa shape index (κ3) is 7.24. The van der Waals surface area contributed by atoms with Crippen molar-refractivity contribution in [3.8, 4) is 0 Å². The van der Waals surface area contributed by atoms with Gasteiger partial charge >= 0.3 is 12.0 Å². The van der Waals surface area contributed by atoms with Gasteiger partial charge in [0.15, 0.2) is 6.61 Å². The summed E-state index contributed by atoms with van der Waals surface area (Å²) in [6, 6.07) is 11.1. The summed E-state index contributed by atoms with van der Waals surface area (Å²) in [6.07, 6.45) is 0.457. The maximum Gasteiger partial charge on any atom is 0.338 e. The third-order valence-corrected chi connectivity index (χ3v) is 4.64. The summed E-state index contributed by atoms with van der Waals surface area (Å²) in [5.41, 5.74) is 6.42. The van der Waals surface area contributed by atoms with Gasteiger partial charge in [-0.2, -0.15) is 0 Å². The molecule has 0 atom stereocenters. The number of rotatable bonds is 8. The molecule has 0 heterocycles. The fourth-order valence-electron chi connectivity index (χ4n) is 2.29. The van der Waals surface area contributed by atoms with Crippen molar-refractivity contribution in [2.45, 2.75) is 11.3 Å². The van der Waals surface area contributed by atoms with E-state index in [1.54, 1.807) is 12.1 Å². The van der Waals surface area contributed by atoms with Crippen LogP contribution in [-0.2, 0) is 26.0 Å². The first-order chi connectivity index (χ1) is 13.6. The normalized spacial score (nSPS) is 10.8. The minimum Gasteiger partial charge on any atom is -0.452 e. The molecule has 0 unspecified atom stereocenters. The molecule has 0 saturated carbocycles. The molecule has 154 valence electrons. The number of carbonyl (C=O) groups is 3. The lowest BCUT2D eigenvalue weighted by atomic mass is 10.1. The molecular weight excluding hydrogens is 400 g/mol. The molecule has 2 rings (SSSR count). The lowest BCUT2D eigenvalue weighted by Crippen LogP contribution is -2.30. The molecule has 6 N–H and O–H groups in total. The smallest absolute Gasteiger partial charge is 0.338 e. The minimum absolute atomic E-state index is 0.00985. The van der Waals surface area contributed by atoms with Crippen molar-refractivity contribution in [2.24, 2.45) is 10.9 Å². The Morgan fingerprint density at radius 3 is 2.14 bits per heavy atom. The van der Waals surface area contributed by atoms with Crippen LogP contribution in [0.2, 0.25) is 0 Å². The average Bonchev–Trinajstić information content (AvgIpc) is 2.66. The number of urea groups is 1. The van der Waals surface area contributed by atoms with Gasteiger partial charge in [0.25, 0.3) is 5.91 Å². The summed E-state index contributed by atoms with van der Waals surface area (Å²) < 4.78 is 27.3. The number of benzene rings is 2. The molecule has 0 saturated heterocycles. The molecule has 0 aromatic heterocycles. The van der Waals surface area contributed by atoms with Crippen LogP contribution in [0.25, 0.3) is 0 Å². The number of anilines is 1. The van der Waals surface area contributed by atoms with Gasteiger partial charge in [-0.15, -0.1) is 0 Å². The highest BCUT2D eigenvalue weighted by Gasteiger charge is 2.11. The first-order valence-corrected chi connectivity index (χ1v) is 9.92. The van der Waals surface area contributed by atoms with Gasteiger partial charge in [0.2, 0.25) is 10.0 Å². The van der Waals surface area contributed by atoms with Crippen LogP contribution in [0.15, 0.2) is 53.4 Å². The number of nitrogens with two attached hydrogens (primary N) is 2. The molecule has 0 aliphatic heterocycles. The molecule has 0 fully saturated rings. The molecule has 0 spiro atoms. The van der Waals surface area contributed by atoms with Crippen molar-refractivity contribution in [1.29, 1.82) is 0 Å². The van der Waals surface area contributed by atoms with E-state index < -0.39 is 34.5 Å². The lowest BCUT2D eigenvalue weighted by molar-refractivity contribution is -0.124. The van der Waals surface area contributed by atoms with Gasteiger partial charge in [-0.3, -0.25) is 4.79 Å². The van der Waals surface area contributed by atoms with Gasteiger partial charge in [0.05, 0.1) is 10.5 Å². The Morgan fingerprint density at radius 2 is 1.59 bits per heavy atom. The first-order valence-electron chi connectivity index (χ1n) is 8.37. The largest absolute Gasteiger partial charge is 0.452 e. The van der Waals surface area contributed by atoms with Crippen molar-refractivity contribution in [2.75, 3.05) is 18.5 Å². The standard InChI is InChI=1S/C18H20N4O6S/c19-18(25)22-14-5-3-13(4-6-14)17(24)28-11-16(23)21-10-9-12-1-7-15(8-2-12)29(20,26)27/h1-8H,9-11H2,(H,21,23)(H3,19,22,25)(H2,20,26,27). The van der Waals surface area contributed by atoms with E-state index in [1.807, 2.05) is 0 Å². The molecule has 3 amide bonds. The van der Waals surface area contributed by atoms with Gasteiger partial charge in [0.1, 0.15) is 0 Å². The average molecular weight is 420 g/mol. The van der Waals surface area contributed by atoms with Gasteiger partial charge < -0.3 is 21.1 Å². The highest BCUT2D eigenvalue weighted by atomic mass is 32.2. The molecule has 2 aromatic rings. The fraction of sp³-hybridized carbons (Fsp3) is 0.167. The summed E-state index contributed by atoms with van der Waals surface area (Å²) in [5, 5.41) is 9.97. The summed E-state index contributed by atoms with van der Waals surface area (Å²) in [4.78, 5) is 34.5. The van der Waals surface area contributed by atoms with E-state index >= 15 is 0 Å². The van der Waals surface area contributed by atoms with Crippen LogP contribution in [0, 0.1) is 0 Å². The van der Waals surface area contributed by atoms with Crippen molar-refractivity contribution in [1.82, 2.24) is 5.32 Å². The molecule has 2 aromatic carbocycles. The maximum atomic E-state index is 11.9. The van der Waals surface area contributed by atoms with Crippen LogP contribution < -0.4 is 21.5 Å². The molecule has 29 heavy (non-hydrogen) atoms. The summed E-state index contributed by atoms with van der Waals surface area (Å²) in [5.74, 6) is -1.17. The Hall–Kier alpha value is -3.44. The Morgan fingerprint density at radius 1 is 0.966 bits per heavy atom. The number of carbonyl (C=O) groups excluding carboxylic acids is 3. The van der Waals surface area contributed by atoms with Gasteiger partial charge in [0, 0.05) is 12.2 Å². The van der Waals surface area contributed by atoms with Crippen LogP contribution in [0.1, 0.15) is 15.9 Å². The Bertz CT molecular complexity index is 988. The van der Waals surface area contributed by atoms with Crippen molar-refractivity contribution < 1.29 is 27.5 Å². The molecule has 0 aliphatic rings. The topological polar surface area (TPSA) is 171 Å². The SMILES string of the molecule is NC(=O)Nc1ccc(C(=O)OCC(=O)NCCc2ccc(S(N)(=O)=O)cc2)cc1. The number of esters is 1. The van der Waals surface area contributed by atoms with E-state index in [2.05, 4.69) is 10.6 Å². The van der Waals surface area contributed by atoms with Crippen LogP contribution >= 0.6 is 0 Å². The lowest BCUT2D eigenvalue weighted by Gasteiger charge is -2.08. The van der Waals surface area contributed by atoms with Gasteiger partial charge in [-0.1, -0.05) is 12.1 Å². The maximum absolute atomic E-state index is 11.9. The van der Waals surface area contributed by atoms with E-state index in [0.29, 0.717) is 12.1 Å². The monoisotopic (exact) mass is 420 g/mol. The van der Waals surface area contributed by atoms with Crippen LogP contribution in [0.5, 0.6) is 0 Å². The number of hydrogen-bond acceptors (Lipinski definition) is 6. The molecule has 0 bridgehead atoms. The van der Waals surface area contributed by atoms with Crippen molar-refractivity contribution in [3.63, 3.8) is 0 Å². The zero-order chi connectivity index (χ0) is 21.4. The molecule has 0 aliphatic carbocycles. The second-order valence-electron chi connectivity index (χ2n) is 5.93. The number of amides is 3. The molecule has 11 heteroatoms. The quantitative estimate of drug-likeness (QED) is 0.449. The molecule has 10 nitrogen and oxygen atoms in total. The number of nitrogens with one attached hydrogen (secondary N) is 2.